The topological polar surface area (TPSA) is 98.9 Å². The van der Waals surface area contributed by atoms with Crippen molar-refractivity contribution in [1.82, 2.24) is 0 Å². The lowest BCUT2D eigenvalue weighted by Crippen LogP contribution is -1.63. The molecule has 1 unspecified atom stereocenters. The molecule has 5 nitrogen and oxygen atoms in total. The summed E-state index contributed by atoms with van der Waals surface area (Å²) < 4.78 is 20.1. The lowest BCUT2D eigenvalue weighted by atomic mass is 10.4. The minimum Gasteiger partial charge on any atom is -0.222 e. The summed E-state index contributed by atoms with van der Waals surface area (Å²) in [4.78, 5) is 16.7. The van der Waals surface area contributed by atoms with Crippen molar-refractivity contribution in [3.63, 3.8) is 0 Å². The number of hydrogen-bond acceptors (Lipinski definition) is 5. The van der Waals surface area contributed by atoms with Crippen molar-refractivity contribution < 1.29 is 18.5 Å². The van der Waals surface area contributed by atoms with E-state index in [0.29, 0.717) is 0 Å². The molecular formula is C8H9FN2O3P+. The van der Waals surface area contributed by atoms with E-state index < -0.39 is 0 Å². The van der Waals surface area contributed by atoms with Crippen molar-refractivity contribution in [2.24, 2.45) is 0 Å². The summed E-state index contributed by atoms with van der Waals surface area (Å²) >= 11 is 0. The van der Waals surface area contributed by atoms with Crippen LogP contribution in [0.3, 0.4) is 0 Å². The first kappa shape index (κ1) is 18.7. The van der Waals surface area contributed by atoms with Gasteiger partial charge >= 0.3 is 9.12 Å². The Labute approximate surface area is 87.6 Å². The maximum Gasteiger partial charge on any atom is 0.310 e. The molecule has 0 radical (unpaired) electrons. The van der Waals surface area contributed by atoms with Gasteiger partial charge in [0.1, 0.15) is 5.82 Å². The first-order valence-electron chi connectivity index (χ1n) is 3.24. The number of carbonyl (C=O) groups excluding carboxylic acids is 2. The number of halogens is 1. The molecule has 0 aliphatic heterocycles. The highest BCUT2D eigenvalue weighted by molar-refractivity contribution is 7.00. The molecule has 2 N–H and O–H groups in total. The lowest BCUT2D eigenvalue weighted by Gasteiger charge is -1.78. The predicted octanol–water partition coefficient (Wildman–Crippen LogP) is 1.83. The van der Waals surface area contributed by atoms with E-state index in [1.165, 1.54) is 21.3 Å². The molecule has 15 heavy (non-hydrogen) atoms. The van der Waals surface area contributed by atoms with Crippen LogP contribution in [0.5, 0.6) is 0 Å². The molecule has 1 aromatic carbocycles. The second-order valence-corrected chi connectivity index (χ2v) is 1.50. The van der Waals surface area contributed by atoms with E-state index in [4.69, 9.17) is 25.0 Å². The Morgan fingerprint density at radius 3 is 1.40 bits per heavy atom. The Kier molecular flexibility index (Phi) is 28.3. The Hall–Kier alpha value is -1.99. The van der Waals surface area contributed by atoms with Crippen LogP contribution >= 0.6 is 9.12 Å². The highest BCUT2D eigenvalue weighted by Crippen LogP contribution is 1.91. The SMILES string of the molecule is Fc1ccccc1.N=C=O.N=C=O.O=[PH2+]. The van der Waals surface area contributed by atoms with Crippen molar-refractivity contribution in [1.29, 1.82) is 10.8 Å². The van der Waals surface area contributed by atoms with Crippen LogP contribution in [0.25, 0.3) is 0 Å². The second kappa shape index (κ2) is 22.7. The fraction of sp³-hybridized carbons (Fsp3) is 0. The zero-order valence-corrected chi connectivity index (χ0v) is 8.72. The number of isocyanates is 2. The highest BCUT2D eigenvalue weighted by atomic mass is 31.0. The van der Waals surface area contributed by atoms with Gasteiger partial charge in [0.25, 0.3) is 0 Å². The first-order chi connectivity index (χ1) is 7.22. The van der Waals surface area contributed by atoms with Crippen LogP contribution in [0, 0.1) is 16.6 Å². The molecule has 1 aromatic rings. The summed E-state index contributed by atoms with van der Waals surface area (Å²) in [5.41, 5.74) is 0. The quantitative estimate of drug-likeness (QED) is 0.404. The third-order valence-corrected chi connectivity index (χ3v) is 0.733. The van der Waals surface area contributed by atoms with Gasteiger partial charge < -0.3 is 0 Å². The summed E-state index contributed by atoms with van der Waals surface area (Å²) in [6, 6.07) is 7.94. The van der Waals surface area contributed by atoms with Crippen LogP contribution in [0.15, 0.2) is 30.3 Å². The van der Waals surface area contributed by atoms with Gasteiger partial charge in [0, 0.05) is 0 Å². The van der Waals surface area contributed by atoms with Gasteiger partial charge in [-0.1, -0.05) is 22.8 Å². The Morgan fingerprint density at radius 2 is 1.27 bits per heavy atom. The van der Waals surface area contributed by atoms with Gasteiger partial charge in [0.15, 0.2) is 0 Å². The fourth-order valence-corrected chi connectivity index (χ4v) is 0.415. The van der Waals surface area contributed by atoms with Crippen LogP contribution in [0.4, 0.5) is 4.39 Å². The van der Waals surface area contributed by atoms with E-state index in [0.717, 1.165) is 12.2 Å². The molecule has 0 saturated carbocycles. The molecule has 1 atom stereocenters. The molecule has 0 aliphatic carbocycles. The first-order valence-corrected chi connectivity index (χ1v) is 3.72. The molecule has 0 bridgehead atoms. The minimum atomic E-state index is -0.178. The largest absolute Gasteiger partial charge is 0.310 e. The molecule has 0 heterocycles. The molecular weight excluding hydrogens is 222 g/mol. The molecule has 0 aromatic heterocycles. The van der Waals surface area contributed by atoms with Gasteiger partial charge in [0.2, 0.25) is 12.2 Å². The maximum atomic E-state index is 11.9. The summed E-state index contributed by atoms with van der Waals surface area (Å²) in [7, 11) is 1.17. The number of benzene rings is 1. The minimum absolute atomic E-state index is 0.178. The number of rotatable bonds is 0. The van der Waals surface area contributed by atoms with E-state index in [1.54, 1.807) is 18.2 Å². The molecule has 0 fully saturated rings. The third kappa shape index (κ3) is 33.3. The molecule has 0 saturated heterocycles. The number of hydrogen-bond donors (Lipinski definition) is 2. The lowest BCUT2D eigenvalue weighted by molar-refractivity contribution is 0.562. The summed E-state index contributed by atoms with van der Waals surface area (Å²) in [6.07, 6.45) is 1.50. The van der Waals surface area contributed by atoms with Crippen LogP contribution < -0.4 is 0 Å². The van der Waals surface area contributed by atoms with E-state index >= 15 is 0 Å². The second-order valence-electron chi connectivity index (χ2n) is 1.50. The number of nitrogens with one attached hydrogen (secondary N) is 2. The zero-order valence-electron chi connectivity index (χ0n) is 7.57. The van der Waals surface area contributed by atoms with Crippen LogP contribution in [-0.4, -0.2) is 12.2 Å². The van der Waals surface area contributed by atoms with Gasteiger partial charge in [-0.25, -0.2) is 24.8 Å². The standard InChI is InChI=1S/C6H5F.2CHNO.H2OP/c7-6-4-2-1-3-5-6;2*2-1-3;1-2/h1-5H;2*2H;2H2/q;;;+1. The Morgan fingerprint density at radius 1 is 1.00 bits per heavy atom. The maximum absolute atomic E-state index is 11.9. The third-order valence-electron chi connectivity index (χ3n) is 0.733. The average Bonchev–Trinajstić information content (AvgIpc) is 2.24. The van der Waals surface area contributed by atoms with E-state index in [-0.39, 0.29) is 5.82 Å². The van der Waals surface area contributed by atoms with Crippen LogP contribution in [0.2, 0.25) is 0 Å². The molecule has 1 rings (SSSR count). The van der Waals surface area contributed by atoms with Gasteiger partial charge in [-0.15, -0.1) is 0 Å². The van der Waals surface area contributed by atoms with Crippen molar-refractivity contribution in [3.8, 4) is 0 Å². The molecule has 0 amide bonds. The van der Waals surface area contributed by atoms with Crippen LogP contribution in [0.1, 0.15) is 0 Å². The predicted molar refractivity (Wildman–Crippen MR) is 53.6 cm³/mol. The summed E-state index contributed by atoms with van der Waals surface area (Å²) in [5, 5.41) is 10.8. The zero-order chi connectivity index (χ0) is 12.5. The molecule has 0 aliphatic rings. The van der Waals surface area contributed by atoms with Gasteiger partial charge in [-0.3, -0.25) is 0 Å². The normalized spacial score (nSPS) is 5.40. The molecule has 80 valence electrons. The Bertz CT molecular complexity index is 284. The fourth-order valence-electron chi connectivity index (χ4n) is 0.415. The van der Waals surface area contributed by atoms with Crippen molar-refractivity contribution >= 4 is 21.3 Å². The van der Waals surface area contributed by atoms with Gasteiger partial charge in [0.05, 0.1) is 0 Å². The monoisotopic (exact) mass is 231 g/mol. The van der Waals surface area contributed by atoms with E-state index in [2.05, 4.69) is 0 Å². The van der Waals surface area contributed by atoms with E-state index in [1.807, 2.05) is 0 Å². The van der Waals surface area contributed by atoms with Crippen LogP contribution in [-0.2, 0) is 14.2 Å². The summed E-state index contributed by atoms with van der Waals surface area (Å²) in [6.45, 7) is 0. The van der Waals surface area contributed by atoms with E-state index in [9.17, 15) is 4.39 Å². The van der Waals surface area contributed by atoms with Crippen molar-refractivity contribution in [3.05, 3.63) is 36.1 Å². The van der Waals surface area contributed by atoms with Gasteiger partial charge in [-0.05, 0) is 12.1 Å². The Balaban J connectivity index is -0.000000154. The highest BCUT2D eigenvalue weighted by Gasteiger charge is 1.77. The van der Waals surface area contributed by atoms with Crippen molar-refractivity contribution in [2.75, 3.05) is 0 Å². The molecule has 0 spiro atoms. The van der Waals surface area contributed by atoms with Crippen molar-refractivity contribution in [2.45, 2.75) is 0 Å². The average molecular weight is 231 g/mol. The smallest absolute Gasteiger partial charge is 0.222 e. The molecule has 7 heteroatoms. The summed E-state index contributed by atoms with van der Waals surface area (Å²) in [5.74, 6) is -0.178. The van der Waals surface area contributed by atoms with Gasteiger partial charge in [-0.2, -0.15) is 0 Å².